The fraction of sp³-hybridized carbons (Fsp3) is 0.211. The Bertz CT molecular complexity index is 902. The van der Waals surface area contributed by atoms with Gasteiger partial charge in [-0.25, -0.2) is 0 Å². The Labute approximate surface area is 151 Å². The number of aliphatic hydroxyl groups excluding tert-OH is 1. The number of methoxy groups -OCH3 is 1. The second-order valence-electron chi connectivity index (χ2n) is 5.58. The molecule has 1 aromatic heterocycles. The van der Waals surface area contributed by atoms with Crippen LogP contribution in [-0.2, 0) is 6.54 Å². The molecule has 0 bridgehead atoms. The molecule has 7 heteroatoms. The summed E-state index contributed by atoms with van der Waals surface area (Å²) in [6, 6.07) is 19.2. The van der Waals surface area contributed by atoms with Crippen LogP contribution in [0, 0.1) is 11.3 Å². The van der Waals surface area contributed by atoms with E-state index in [9.17, 15) is 10.4 Å². The predicted molar refractivity (Wildman–Crippen MR) is 97.2 cm³/mol. The Morgan fingerprint density at radius 3 is 2.54 bits per heavy atom. The van der Waals surface area contributed by atoms with Crippen molar-refractivity contribution in [3.8, 4) is 17.5 Å². The van der Waals surface area contributed by atoms with Gasteiger partial charge in [-0.15, -0.1) is 15.0 Å². The molecule has 3 rings (SSSR count). The molecular weight excluding hydrogens is 330 g/mol. The topological polar surface area (TPSA) is 87.2 Å². The van der Waals surface area contributed by atoms with Gasteiger partial charge >= 0.3 is 0 Å². The molecule has 0 aliphatic rings. The lowest BCUT2D eigenvalue weighted by molar-refractivity contribution is 0.301. The minimum absolute atomic E-state index is 0.0563. The molecule has 0 fully saturated rings. The monoisotopic (exact) mass is 349 g/mol. The fourth-order valence-electron chi connectivity index (χ4n) is 2.67. The number of aliphatic hydroxyl groups is 1. The minimum Gasteiger partial charge on any atom is -0.494 e. The van der Waals surface area contributed by atoms with E-state index in [0.29, 0.717) is 30.3 Å². The molecule has 2 aromatic carbocycles. The Morgan fingerprint density at radius 2 is 1.85 bits per heavy atom. The SMILES string of the molecule is COc1ccccc1-n1nc(C#N)c(N(CCO)Cc2ccccc2)n1. The summed E-state index contributed by atoms with van der Waals surface area (Å²) in [5.74, 6) is 1.03. The Balaban J connectivity index is 2.00. The quantitative estimate of drug-likeness (QED) is 0.703. The first kappa shape index (κ1) is 17.5. The normalized spacial score (nSPS) is 10.3. The van der Waals surface area contributed by atoms with Gasteiger partial charge in [0.05, 0.1) is 13.7 Å². The van der Waals surface area contributed by atoms with Gasteiger partial charge < -0.3 is 14.7 Å². The van der Waals surface area contributed by atoms with E-state index in [0.717, 1.165) is 5.56 Å². The van der Waals surface area contributed by atoms with Gasteiger partial charge in [0, 0.05) is 13.1 Å². The van der Waals surface area contributed by atoms with E-state index in [4.69, 9.17) is 4.74 Å². The highest BCUT2D eigenvalue weighted by molar-refractivity contribution is 5.52. The Kier molecular flexibility index (Phi) is 5.46. The van der Waals surface area contributed by atoms with Gasteiger partial charge in [0.2, 0.25) is 5.69 Å². The van der Waals surface area contributed by atoms with Crippen LogP contribution in [0.4, 0.5) is 5.82 Å². The molecule has 0 saturated carbocycles. The predicted octanol–water partition coefficient (Wildman–Crippen LogP) is 2.15. The van der Waals surface area contributed by atoms with Gasteiger partial charge in [-0.2, -0.15) is 5.26 Å². The van der Waals surface area contributed by atoms with E-state index < -0.39 is 0 Å². The van der Waals surface area contributed by atoms with Crippen LogP contribution >= 0.6 is 0 Å². The second-order valence-corrected chi connectivity index (χ2v) is 5.58. The van der Waals surface area contributed by atoms with E-state index in [1.165, 1.54) is 4.80 Å². The maximum atomic E-state index is 9.50. The van der Waals surface area contributed by atoms with Gasteiger partial charge in [-0.3, -0.25) is 0 Å². The molecule has 0 spiro atoms. The highest BCUT2D eigenvalue weighted by Gasteiger charge is 2.20. The number of benzene rings is 2. The summed E-state index contributed by atoms with van der Waals surface area (Å²) in [7, 11) is 1.57. The molecule has 1 N–H and O–H groups in total. The maximum absolute atomic E-state index is 9.50. The Hall–Kier alpha value is -3.37. The third kappa shape index (κ3) is 3.66. The van der Waals surface area contributed by atoms with E-state index in [1.807, 2.05) is 53.4 Å². The number of rotatable bonds is 7. The zero-order valence-electron chi connectivity index (χ0n) is 14.4. The van der Waals surface area contributed by atoms with Crippen molar-refractivity contribution in [2.24, 2.45) is 0 Å². The van der Waals surface area contributed by atoms with Crippen LogP contribution in [0.15, 0.2) is 54.6 Å². The van der Waals surface area contributed by atoms with Crippen molar-refractivity contribution < 1.29 is 9.84 Å². The number of nitrogens with zero attached hydrogens (tertiary/aromatic N) is 5. The van der Waals surface area contributed by atoms with Gasteiger partial charge in [0.25, 0.3) is 0 Å². The third-order valence-electron chi connectivity index (χ3n) is 3.89. The standard InChI is InChI=1S/C19H19N5O2/c1-26-18-10-6-5-9-17(18)24-21-16(13-20)19(22-24)23(11-12-25)14-15-7-3-2-4-8-15/h2-10,25H,11-12,14H2,1H3. The van der Waals surface area contributed by atoms with Crippen LogP contribution in [-0.4, -0.2) is 40.4 Å². The number of ether oxygens (including phenoxy) is 1. The van der Waals surface area contributed by atoms with Crippen LogP contribution in [0.25, 0.3) is 5.69 Å². The summed E-state index contributed by atoms with van der Waals surface area (Å²) in [5, 5.41) is 27.7. The van der Waals surface area contributed by atoms with Crippen LogP contribution in [0.5, 0.6) is 5.75 Å². The molecule has 0 radical (unpaired) electrons. The number of aromatic nitrogens is 3. The summed E-state index contributed by atoms with van der Waals surface area (Å²) in [6.07, 6.45) is 0. The molecule has 0 unspecified atom stereocenters. The zero-order valence-corrected chi connectivity index (χ0v) is 14.4. The number of nitriles is 1. The molecule has 26 heavy (non-hydrogen) atoms. The van der Waals surface area contributed by atoms with Crippen molar-refractivity contribution in [3.05, 3.63) is 65.9 Å². The highest BCUT2D eigenvalue weighted by Crippen LogP contribution is 2.24. The summed E-state index contributed by atoms with van der Waals surface area (Å²) in [6.45, 7) is 0.800. The molecule has 0 atom stereocenters. The van der Waals surface area contributed by atoms with Crippen molar-refractivity contribution in [1.82, 2.24) is 15.0 Å². The lowest BCUT2D eigenvalue weighted by Gasteiger charge is -2.21. The van der Waals surface area contributed by atoms with Crippen molar-refractivity contribution >= 4 is 5.82 Å². The highest BCUT2D eigenvalue weighted by atomic mass is 16.5. The molecule has 0 aliphatic carbocycles. The van der Waals surface area contributed by atoms with Gasteiger partial charge in [-0.1, -0.05) is 42.5 Å². The summed E-state index contributed by atoms with van der Waals surface area (Å²) < 4.78 is 5.35. The van der Waals surface area contributed by atoms with Gasteiger partial charge in [0.1, 0.15) is 17.5 Å². The molecule has 1 heterocycles. The van der Waals surface area contributed by atoms with Crippen molar-refractivity contribution in [1.29, 1.82) is 5.26 Å². The average Bonchev–Trinajstić information content (AvgIpc) is 3.12. The average molecular weight is 349 g/mol. The zero-order chi connectivity index (χ0) is 18.4. The van der Waals surface area contributed by atoms with Crippen LogP contribution < -0.4 is 9.64 Å². The lowest BCUT2D eigenvalue weighted by Crippen LogP contribution is -2.27. The molecule has 0 saturated heterocycles. The van der Waals surface area contributed by atoms with Crippen LogP contribution in [0.2, 0.25) is 0 Å². The largest absolute Gasteiger partial charge is 0.494 e. The number of para-hydroxylation sites is 2. The number of hydrogen-bond acceptors (Lipinski definition) is 6. The summed E-state index contributed by atoms with van der Waals surface area (Å²) >= 11 is 0. The van der Waals surface area contributed by atoms with E-state index in [2.05, 4.69) is 16.3 Å². The minimum atomic E-state index is -0.0563. The molecule has 0 amide bonds. The number of anilines is 1. The van der Waals surface area contributed by atoms with E-state index in [-0.39, 0.29) is 12.3 Å². The molecular formula is C19H19N5O2. The first-order chi connectivity index (χ1) is 12.8. The second kappa shape index (κ2) is 8.14. The molecule has 0 aliphatic heterocycles. The molecule has 7 nitrogen and oxygen atoms in total. The number of hydrogen-bond donors (Lipinski definition) is 1. The van der Waals surface area contributed by atoms with Gasteiger partial charge in [-0.05, 0) is 17.7 Å². The van der Waals surface area contributed by atoms with Crippen LogP contribution in [0.1, 0.15) is 11.3 Å². The maximum Gasteiger partial charge on any atom is 0.207 e. The third-order valence-corrected chi connectivity index (χ3v) is 3.89. The van der Waals surface area contributed by atoms with Crippen LogP contribution in [0.3, 0.4) is 0 Å². The first-order valence-electron chi connectivity index (χ1n) is 8.17. The summed E-state index contributed by atoms with van der Waals surface area (Å²) in [4.78, 5) is 3.23. The Morgan fingerprint density at radius 1 is 1.12 bits per heavy atom. The molecule has 3 aromatic rings. The van der Waals surface area contributed by atoms with Crippen molar-refractivity contribution in [3.63, 3.8) is 0 Å². The fourth-order valence-corrected chi connectivity index (χ4v) is 2.67. The van der Waals surface area contributed by atoms with Crippen molar-refractivity contribution in [2.75, 3.05) is 25.2 Å². The van der Waals surface area contributed by atoms with Crippen molar-refractivity contribution in [2.45, 2.75) is 6.54 Å². The molecule has 132 valence electrons. The lowest BCUT2D eigenvalue weighted by atomic mass is 10.2. The summed E-state index contributed by atoms with van der Waals surface area (Å²) in [5.41, 5.74) is 1.89. The first-order valence-corrected chi connectivity index (χ1v) is 8.17. The smallest absolute Gasteiger partial charge is 0.207 e. The van der Waals surface area contributed by atoms with E-state index in [1.54, 1.807) is 13.2 Å². The van der Waals surface area contributed by atoms with E-state index >= 15 is 0 Å². The van der Waals surface area contributed by atoms with Gasteiger partial charge in [0.15, 0.2) is 5.82 Å².